The molecule has 0 spiro atoms. The number of rotatable bonds is 1. The van der Waals surface area contributed by atoms with Gasteiger partial charge in [0.05, 0.1) is 11.7 Å². The van der Waals surface area contributed by atoms with Gasteiger partial charge in [-0.1, -0.05) is 11.6 Å². The molecule has 0 saturated heterocycles. The second kappa shape index (κ2) is 2.48. The van der Waals surface area contributed by atoms with E-state index >= 15 is 0 Å². The fourth-order valence-corrected chi connectivity index (χ4v) is 1.93. The van der Waals surface area contributed by atoms with Gasteiger partial charge in [-0.15, -0.1) is 0 Å². The van der Waals surface area contributed by atoms with Crippen LogP contribution in [0.4, 0.5) is 0 Å². The minimum absolute atomic E-state index is 0.748. The van der Waals surface area contributed by atoms with Crippen molar-refractivity contribution in [1.82, 2.24) is 9.38 Å². The molecule has 0 aromatic carbocycles. The largest absolute Gasteiger partial charge is 0.289 e. The van der Waals surface area contributed by atoms with Crippen molar-refractivity contribution in [2.75, 3.05) is 0 Å². The van der Waals surface area contributed by atoms with E-state index in [1.807, 2.05) is 16.7 Å². The van der Waals surface area contributed by atoms with Crippen LogP contribution in [-0.2, 0) is 0 Å². The molecule has 2 aromatic rings. The van der Waals surface area contributed by atoms with Crippen LogP contribution in [0.15, 0.2) is 24.7 Å². The Morgan fingerprint density at radius 1 is 1.38 bits per heavy atom. The van der Waals surface area contributed by atoms with E-state index < -0.39 is 0 Å². The molecule has 2 heterocycles. The van der Waals surface area contributed by atoms with E-state index in [0.717, 1.165) is 16.6 Å². The fourth-order valence-electron chi connectivity index (χ4n) is 1.66. The molecule has 0 N–H and O–H groups in total. The van der Waals surface area contributed by atoms with Gasteiger partial charge in [-0.2, -0.15) is 0 Å². The first-order valence-corrected chi connectivity index (χ1v) is 4.84. The van der Waals surface area contributed by atoms with Gasteiger partial charge in [0.15, 0.2) is 0 Å². The number of nitrogens with zero attached hydrogens (tertiary/aromatic N) is 2. The summed E-state index contributed by atoms with van der Waals surface area (Å²) < 4.78 is 1.90. The molecular formula is C10H9ClN2. The summed E-state index contributed by atoms with van der Waals surface area (Å²) in [6.07, 6.45) is 6.20. The van der Waals surface area contributed by atoms with E-state index in [1.54, 1.807) is 6.33 Å². The lowest BCUT2D eigenvalue weighted by atomic mass is 10.2. The number of hydrogen-bond acceptors (Lipinski definition) is 1. The van der Waals surface area contributed by atoms with Crippen LogP contribution in [0.5, 0.6) is 0 Å². The fraction of sp³-hybridized carbons (Fsp3) is 0.300. The molecule has 1 aliphatic carbocycles. The van der Waals surface area contributed by atoms with E-state index in [2.05, 4.69) is 11.1 Å². The molecule has 0 radical (unpaired) electrons. The molecule has 1 fully saturated rings. The van der Waals surface area contributed by atoms with Crippen molar-refractivity contribution in [1.29, 1.82) is 0 Å². The third-order valence-electron chi connectivity index (χ3n) is 2.55. The summed E-state index contributed by atoms with van der Waals surface area (Å²) in [6, 6.07) is 4.23. The van der Waals surface area contributed by atoms with E-state index in [4.69, 9.17) is 11.6 Å². The second-order valence-corrected chi connectivity index (χ2v) is 3.96. The van der Waals surface area contributed by atoms with Crippen molar-refractivity contribution in [2.45, 2.75) is 18.8 Å². The van der Waals surface area contributed by atoms with E-state index in [9.17, 15) is 0 Å². The van der Waals surface area contributed by atoms with E-state index in [1.165, 1.54) is 18.4 Å². The van der Waals surface area contributed by atoms with Gasteiger partial charge in [0, 0.05) is 0 Å². The molecule has 0 unspecified atom stereocenters. The first-order chi connectivity index (χ1) is 6.34. The van der Waals surface area contributed by atoms with Crippen LogP contribution < -0.4 is 0 Å². The lowest BCUT2D eigenvalue weighted by Gasteiger charge is -2.02. The standard InChI is InChI=1S/C10H9ClN2/c11-10-4-8(7-1-2-7)3-9-5-12-6-13(9)10/h3-7H,1-2H2. The van der Waals surface area contributed by atoms with Gasteiger partial charge in [-0.25, -0.2) is 4.98 Å². The Labute approximate surface area is 81.2 Å². The predicted octanol–water partition coefficient (Wildman–Crippen LogP) is 2.87. The summed E-state index contributed by atoms with van der Waals surface area (Å²) in [4.78, 5) is 4.06. The van der Waals surface area contributed by atoms with Crippen molar-refractivity contribution in [3.05, 3.63) is 35.4 Å². The highest BCUT2D eigenvalue weighted by molar-refractivity contribution is 6.29. The van der Waals surface area contributed by atoms with Crippen molar-refractivity contribution in [2.24, 2.45) is 0 Å². The second-order valence-electron chi connectivity index (χ2n) is 3.57. The minimum atomic E-state index is 0.748. The lowest BCUT2D eigenvalue weighted by Crippen LogP contribution is -1.87. The zero-order chi connectivity index (χ0) is 8.84. The number of aromatic nitrogens is 2. The van der Waals surface area contributed by atoms with Crippen LogP contribution in [0, 0.1) is 0 Å². The maximum absolute atomic E-state index is 6.10. The summed E-state index contributed by atoms with van der Waals surface area (Å²) in [5, 5.41) is 0.761. The molecule has 1 aliphatic rings. The quantitative estimate of drug-likeness (QED) is 0.636. The van der Waals surface area contributed by atoms with Gasteiger partial charge in [0.1, 0.15) is 11.5 Å². The van der Waals surface area contributed by atoms with Crippen LogP contribution in [0.3, 0.4) is 0 Å². The van der Waals surface area contributed by atoms with Gasteiger partial charge in [0.25, 0.3) is 0 Å². The topological polar surface area (TPSA) is 17.3 Å². The molecule has 66 valence electrons. The Kier molecular flexibility index (Phi) is 1.41. The molecule has 0 bridgehead atoms. The number of imidazole rings is 1. The molecule has 0 aliphatic heterocycles. The Morgan fingerprint density at radius 3 is 3.00 bits per heavy atom. The average molecular weight is 193 g/mol. The highest BCUT2D eigenvalue weighted by Gasteiger charge is 2.24. The molecule has 3 heteroatoms. The summed E-state index contributed by atoms with van der Waals surface area (Å²) in [5.41, 5.74) is 2.45. The summed E-state index contributed by atoms with van der Waals surface area (Å²) >= 11 is 6.10. The van der Waals surface area contributed by atoms with Gasteiger partial charge < -0.3 is 0 Å². The number of halogens is 1. The van der Waals surface area contributed by atoms with Crippen molar-refractivity contribution < 1.29 is 0 Å². The van der Waals surface area contributed by atoms with Crippen LogP contribution in [0.1, 0.15) is 24.3 Å². The van der Waals surface area contributed by atoms with Gasteiger partial charge in [0.2, 0.25) is 0 Å². The molecule has 3 rings (SSSR count). The van der Waals surface area contributed by atoms with Gasteiger partial charge in [-0.3, -0.25) is 4.40 Å². The normalized spacial score (nSPS) is 16.7. The van der Waals surface area contributed by atoms with Gasteiger partial charge >= 0.3 is 0 Å². The summed E-state index contributed by atoms with van der Waals surface area (Å²) in [6.45, 7) is 0. The number of hydrogen-bond donors (Lipinski definition) is 0. The highest BCUT2D eigenvalue weighted by Crippen LogP contribution is 2.41. The Morgan fingerprint density at radius 2 is 2.23 bits per heavy atom. The molecule has 2 nitrogen and oxygen atoms in total. The zero-order valence-electron chi connectivity index (χ0n) is 7.07. The van der Waals surface area contributed by atoms with Gasteiger partial charge in [-0.05, 0) is 36.5 Å². The monoisotopic (exact) mass is 192 g/mol. The highest BCUT2D eigenvalue weighted by atomic mass is 35.5. The molecule has 13 heavy (non-hydrogen) atoms. The first-order valence-electron chi connectivity index (χ1n) is 4.46. The van der Waals surface area contributed by atoms with Crippen molar-refractivity contribution in [3.63, 3.8) is 0 Å². The molecule has 0 amide bonds. The number of fused-ring (bicyclic) bond motifs is 1. The SMILES string of the molecule is Clc1cc(C2CC2)cc2cncn12. The minimum Gasteiger partial charge on any atom is -0.289 e. The van der Waals surface area contributed by atoms with Crippen LogP contribution in [-0.4, -0.2) is 9.38 Å². The molecule has 2 aromatic heterocycles. The maximum atomic E-state index is 6.10. The Hall–Kier alpha value is -1.02. The number of pyridine rings is 1. The Balaban J connectivity index is 2.27. The predicted molar refractivity (Wildman–Crippen MR) is 52.2 cm³/mol. The van der Waals surface area contributed by atoms with Crippen molar-refractivity contribution in [3.8, 4) is 0 Å². The molecular weight excluding hydrogens is 184 g/mol. The van der Waals surface area contributed by atoms with E-state index in [0.29, 0.717) is 0 Å². The first kappa shape index (κ1) is 7.39. The van der Waals surface area contributed by atoms with Crippen LogP contribution in [0.25, 0.3) is 5.52 Å². The summed E-state index contributed by atoms with van der Waals surface area (Å²) in [7, 11) is 0. The summed E-state index contributed by atoms with van der Waals surface area (Å²) in [5.74, 6) is 0.748. The molecule has 1 saturated carbocycles. The smallest absolute Gasteiger partial charge is 0.114 e. The average Bonchev–Trinajstić information content (AvgIpc) is 2.85. The third kappa shape index (κ3) is 1.13. The molecule has 0 atom stereocenters. The van der Waals surface area contributed by atoms with E-state index in [-0.39, 0.29) is 0 Å². The van der Waals surface area contributed by atoms with Crippen LogP contribution >= 0.6 is 11.6 Å². The zero-order valence-corrected chi connectivity index (χ0v) is 7.83. The third-order valence-corrected chi connectivity index (χ3v) is 2.84. The van der Waals surface area contributed by atoms with Crippen LogP contribution in [0.2, 0.25) is 5.15 Å². The Bertz CT molecular complexity index is 457. The lowest BCUT2D eigenvalue weighted by molar-refractivity contribution is 1.09. The van der Waals surface area contributed by atoms with Crippen molar-refractivity contribution >= 4 is 17.1 Å². The maximum Gasteiger partial charge on any atom is 0.114 e.